The molecular formula is C13H14O. The van der Waals surface area contributed by atoms with Crippen LogP contribution < -0.4 is 0 Å². The molecule has 1 nitrogen and oxygen atoms in total. The molecule has 0 unspecified atom stereocenters. The van der Waals surface area contributed by atoms with Crippen LogP contribution in [0.2, 0.25) is 0 Å². The van der Waals surface area contributed by atoms with Crippen molar-refractivity contribution in [3.8, 4) is 0 Å². The van der Waals surface area contributed by atoms with Crippen LogP contribution in [0.5, 0.6) is 0 Å². The third-order valence-electron chi connectivity index (χ3n) is 2.31. The maximum absolute atomic E-state index is 5.53. The van der Waals surface area contributed by atoms with E-state index >= 15 is 0 Å². The van der Waals surface area contributed by atoms with Crippen LogP contribution in [0.1, 0.15) is 18.1 Å². The number of hydrogen-bond acceptors (Lipinski definition) is 1. The van der Waals surface area contributed by atoms with E-state index in [1.165, 1.54) is 11.1 Å². The maximum atomic E-state index is 5.53. The standard InChI is InChI=1S/C13H14O/c1-2-14-13-9-5-8-11-6-3-4-7-12(11)10-13/h3-9H,2,10H2,1H3. The van der Waals surface area contributed by atoms with Crippen molar-refractivity contribution in [3.63, 3.8) is 0 Å². The third kappa shape index (κ3) is 1.87. The first-order valence-electron chi connectivity index (χ1n) is 4.98. The lowest BCUT2D eigenvalue weighted by atomic mass is 10.1. The number of benzene rings is 1. The summed E-state index contributed by atoms with van der Waals surface area (Å²) >= 11 is 0. The molecular weight excluding hydrogens is 172 g/mol. The van der Waals surface area contributed by atoms with Crippen LogP contribution in [0.4, 0.5) is 0 Å². The second-order valence-electron chi connectivity index (χ2n) is 3.30. The SMILES string of the molecule is CCOC1=CC=Cc2ccccc2C1. The van der Waals surface area contributed by atoms with Gasteiger partial charge >= 0.3 is 0 Å². The number of fused-ring (bicyclic) bond motifs is 1. The first-order valence-corrected chi connectivity index (χ1v) is 4.98. The highest BCUT2D eigenvalue weighted by atomic mass is 16.5. The molecule has 0 atom stereocenters. The molecule has 0 heterocycles. The van der Waals surface area contributed by atoms with E-state index < -0.39 is 0 Å². The van der Waals surface area contributed by atoms with Crippen molar-refractivity contribution in [2.24, 2.45) is 0 Å². The maximum Gasteiger partial charge on any atom is 0.100 e. The summed E-state index contributed by atoms with van der Waals surface area (Å²) in [5, 5.41) is 0. The van der Waals surface area contributed by atoms with Crippen molar-refractivity contribution in [3.05, 3.63) is 53.3 Å². The van der Waals surface area contributed by atoms with Crippen molar-refractivity contribution in [1.29, 1.82) is 0 Å². The normalized spacial score (nSPS) is 14.2. The van der Waals surface area contributed by atoms with Gasteiger partial charge in [0.25, 0.3) is 0 Å². The predicted octanol–water partition coefficient (Wildman–Crippen LogP) is 3.18. The van der Waals surface area contributed by atoms with E-state index in [1.54, 1.807) is 0 Å². The van der Waals surface area contributed by atoms with Gasteiger partial charge in [-0.3, -0.25) is 0 Å². The lowest BCUT2D eigenvalue weighted by Crippen LogP contribution is -1.96. The quantitative estimate of drug-likeness (QED) is 0.689. The van der Waals surface area contributed by atoms with Gasteiger partial charge in [0, 0.05) is 6.42 Å². The molecule has 1 aliphatic rings. The predicted molar refractivity (Wildman–Crippen MR) is 58.9 cm³/mol. The topological polar surface area (TPSA) is 9.23 Å². The first kappa shape index (κ1) is 9.07. The van der Waals surface area contributed by atoms with Gasteiger partial charge in [-0.05, 0) is 24.1 Å². The third-order valence-corrected chi connectivity index (χ3v) is 2.31. The van der Waals surface area contributed by atoms with Crippen molar-refractivity contribution in [2.75, 3.05) is 6.61 Å². The minimum absolute atomic E-state index is 0.738. The van der Waals surface area contributed by atoms with E-state index in [0.29, 0.717) is 0 Å². The minimum Gasteiger partial charge on any atom is -0.498 e. The number of allylic oxidation sites excluding steroid dienone is 3. The summed E-state index contributed by atoms with van der Waals surface area (Å²) in [6.07, 6.45) is 7.12. The van der Waals surface area contributed by atoms with Crippen LogP contribution >= 0.6 is 0 Å². The van der Waals surface area contributed by atoms with E-state index in [4.69, 9.17) is 4.74 Å². The minimum atomic E-state index is 0.738. The molecule has 0 fully saturated rings. The average Bonchev–Trinajstić information content (AvgIpc) is 2.40. The summed E-state index contributed by atoms with van der Waals surface area (Å²) in [5.41, 5.74) is 2.62. The molecule has 1 aliphatic carbocycles. The second kappa shape index (κ2) is 4.14. The molecule has 1 aromatic rings. The van der Waals surface area contributed by atoms with Gasteiger partial charge in [-0.1, -0.05) is 36.4 Å². The molecule has 0 saturated carbocycles. The monoisotopic (exact) mass is 186 g/mol. The molecule has 72 valence electrons. The van der Waals surface area contributed by atoms with Gasteiger partial charge < -0.3 is 4.74 Å². The molecule has 2 rings (SSSR count). The number of ether oxygens (including phenoxy) is 1. The highest BCUT2D eigenvalue weighted by molar-refractivity contribution is 5.57. The molecule has 0 aromatic heterocycles. The molecule has 0 bridgehead atoms. The van der Waals surface area contributed by atoms with E-state index in [1.807, 2.05) is 13.0 Å². The molecule has 0 amide bonds. The van der Waals surface area contributed by atoms with Crippen LogP contribution in [-0.4, -0.2) is 6.61 Å². The van der Waals surface area contributed by atoms with Crippen LogP contribution in [0.15, 0.2) is 42.2 Å². The molecule has 1 heteroatoms. The molecule has 14 heavy (non-hydrogen) atoms. The Morgan fingerprint density at radius 2 is 2.14 bits per heavy atom. The zero-order valence-electron chi connectivity index (χ0n) is 8.36. The summed E-state index contributed by atoms with van der Waals surface area (Å²) in [7, 11) is 0. The molecule has 0 aliphatic heterocycles. The van der Waals surface area contributed by atoms with E-state index in [2.05, 4.69) is 36.4 Å². The fraction of sp³-hybridized carbons (Fsp3) is 0.231. The van der Waals surface area contributed by atoms with Gasteiger partial charge in [-0.2, -0.15) is 0 Å². The Bertz CT molecular complexity index is 375. The zero-order valence-corrected chi connectivity index (χ0v) is 8.36. The van der Waals surface area contributed by atoms with Gasteiger partial charge in [-0.15, -0.1) is 0 Å². The number of hydrogen-bond donors (Lipinski definition) is 0. The first-order chi connectivity index (χ1) is 6.90. The van der Waals surface area contributed by atoms with E-state index in [9.17, 15) is 0 Å². The van der Waals surface area contributed by atoms with Gasteiger partial charge in [0.1, 0.15) is 5.76 Å². The smallest absolute Gasteiger partial charge is 0.100 e. The van der Waals surface area contributed by atoms with Gasteiger partial charge in [0.05, 0.1) is 6.61 Å². The fourth-order valence-corrected chi connectivity index (χ4v) is 1.65. The molecule has 0 spiro atoms. The summed E-state index contributed by atoms with van der Waals surface area (Å²) in [4.78, 5) is 0. The Labute approximate surface area is 84.7 Å². The summed E-state index contributed by atoms with van der Waals surface area (Å²) < 4.78 is 5.53. The zero-order chi connectivity index (χ0) is 9.80. The van der Waals surface area contributed by atoms with Crippen LogP contribution in [0, 0.1) is 0 Å². The highest BCUT2D eigenvalue weighted by Gasteiger charge is 2.05. The molecule has 1 aromatic carbocycles. The van der Waals surface area contributed by atoms with E-state index in [-0.39, 0.29) is 0 Å². The summed E-state index contributed by atoms with van der Waals surface area (Å²) in [6.45, 7) is 2.75. The fourth-order valence-electron chi connectivity index (χ4n) is 1.65. The molecule has 0 N–H and O–H groups in total. The largest absolute Gasteiger partial charge is 0.498 e. The van der Waals surface area contributed by atoms with Crippen molar-refractivity contribution in [1.82, 2.24) is 0 Å². The van der Waals surface area contributed by atoms with Crippen LogP contribution in [0.25, 0.3) is 6.08 Å². The second-order valence-corrected chi connectivity index (χ2v) is 3.30. The Morgan fingerprint density at radius 3 is 3.00 bits per heavy atom. The van der Waals surface area contributed by atoms with Crippen LogP contribution in [-0.2, 0) is 11.2 Å². The average molecular weight is 186 g/mol. The van der Waals surface area contributed by atoms with Crippen LogP contribution in [0.3, 0.4) is 0 Å². The highest BCUT2D eigenvalue weighted by Crippen LogP contribution is 2.19. The van der Waals surface area contributed by atoms with Crippen molar-refractivity contribution >= 4 is 6.08 Å². The Balaban J connectivity index is 2.28. The Kier molecular flexibility index (Phi) is 2.68. The lowest BCUT2D eigenvalue weighted by molar-refractivity contribution is 0.223. The Hall–Kier alpha value is -1.50. The summed E-state index contributed by atoms with van der Waals surface area (Å²) in [6, 6.07) is 8.42. The van der Waals surface area contributed by atoms with Gasteiger partial charge in [0.15, 0.2) is 0 Å². The van der Waals surface area contributed by atoms with Gasteiger partial charge in [-0.25, -0.2) is 0 Å². The van der Waals surface area contributed by atoms with Crippen molar-refractivity contribution < 1.29 is 4.74 Å². The van der Waals surface area contributed by atoms with E-state index in [0.717, 1.165) is 18.8 Å². The van der Waals surface area contributed by atoms with Gasteiger partial charge in [0.2, 0.25) is 0 Å². The summed E-state index contributed by atoms with van der Waals surface area (Å²) in [5.74, 6) is 1.05. The Morgan fingerprint density at radius 1 is 1.29 bits per heavy atom. The number of rotatable bonds is 2. The molecule has 0 radical (unpaired) electrons. The lowest BCUT2D eigenvalue weighted by Gasteiger charge is -2.08. The molecule has 0 saturated heterocycles. The van der Waals surface area contributed by atoms with Crippen molar-refractivity contribution in [2.45, 2.75) is 13.3 Å².